The topological polar surface area (TPSA) is 20.2 Å². The summed E-state index contributed by atoms with van der Waals surface area (Å²) in [7, 11) is 0. The average molecular weight is 501 g/mol. The van der Waals surface area contributed by atoms with Gasteiger partial charge in [0.2, 0.25) is 0 Å². The Labute approximate surface area is 227 Å². The zero-order valence-corrected chi connectivity index (χ0v) is 25.8. The Morgan fingerprint density at radius 2 is 0.861 bits per heavy atom. The monoisotopic (exact) mass is 500 g/mol. The predicted octanol–water partition coefficient (Wildman–Crippen LogP) is 11.5. The van der Waals surface area contributed by atoms with Gasteiger partial charge in [-0.1, -0.05) is 119 Å². The number of hydrogen-bond donors (Lipinski definition) is 1. The molecular formula is C35H64O. The van der Waals surface area contributed by atoms with Crippen molar-refractivity contribution in [1.82, 2.24) is 0 Å². The molecule has 0 rings (SSSR count). The number of aliphatic hydroxyl groups excluding tert-OH is 1. The normalized spacial score (nSPS) is 15.6. The molecule has 0 radical (unpaired) electrons. The van der Waals surface area contributed by atoms with E-state index in [0.717, 1.165) is 43.4 Å². The molecule has 1 N–H and O–H groups in total. The minimum absolute atomic E-state index is 0.158. The summed E-state index contributed by atoms with van der Waals surface area (Å²) in [5.41, 5.74) is 5.87. The van der Waals surface area contributed by atoms with E-state index in [1.54, 1.807) is 5.57 Å². The minimum atomic E-state index is 0.158. The highest BCUT2D eigenvalue weighted by molar-refractivity contribution is 5.07. The van der Waals surface area contributed by atoms with Crippen LogP contribution in [0.5, 0.6) is 0 Å². The molecule has 0 aliphatic carbocycles. The number of hydrogen-bond acceptors (Lipinski definition) is 1. The Hall–Kier alpha value is -1.08. The van der Waals surface area contributed by atoms with Crippen molar-refractivity contribution in [3.8, 4) is 0 Å². The zero-order valence-electron chi connectivity index (χ0n) is 25.8. The molecule has 0 amide bonds. The maximum absolute atomic E-state index is 8.93. The third kappa shape index (κ3) is 23.3. The van der Waals surface area contributed by atoms with Crippen molar-refractivity contribution in [3.05, 3.63) is 46.6 Å². The van der Waals surface area contributed by atoms with E-state index in [2.05, 4.69) is 73.6 Å². The van der Waals surface area contributed by atoms with Crippen molar-refractivity contribution in [2.45, 2.75) is 152 Å². The third-order valence-corrected chi connectivity index (χ3v) is 7.67. The Bertz CT molecular complexity index is 646. The lowest BCUT2D eigenvalue weighted by atomic mass is 9.91. The smallest absolute Gasteiger partial charge is 0.0614 e. The molecule has 0 bridgehead atoms. The molecule has 2 atom stereocenters. The first-order chi connectivity index (χ1) is 17.1. The van der Waals surface area contributed by atoms with Crippen molar-refractivity contribution < 1.29 is 5.11 Å². The second kappa shape index (κ2) is 23.1. The van der Waals surface area contributed by atoms with E-state index in [1.165, 1.54) is 87.3 Å². The van der Waals surface area contributed by atoms with Crippen LogP contribution < -0.4 is 0 Å². The summed E-state index contributed by atoms with van der Waals surface area (Å²) in [5.74, 6) is 2.65. The van der Waals surface area contributed by atoms with E-state index in [9.17, 15) is 0 Å². The van der Waals surface area contributed by atoms with Gasteiger partial charge in [0, 0.05) is 0 Å². The van der Waals surface area contributed by atoms with Crippen molar-refractivity contribution >= 4 is 0 Å². The van der Waals surface area contributed by atoms with Crippen molar-refractivity contribution in [2.24, 2.45) is 17.8 Å². The van der Waals surface area contributed by atoms with Crippen LogP contribution in [0.25, 0.3) is 0 Å². The second-order valence-electron chi connectivity index (χ2n) is 12.4. The van der Waals surface area contributed by atoms with Crippen molar-refractivity contribution in [1.29, 1.82) is 0 Å². The lowest BCUT2D eigenvalue weighted by Gasteiger charge is -2.15. The molecule has 210 valence electrons. The van der Waals surface area contributed by atoms with Gasteiger partial charge < -0.3 is 5.11 Å². The summed E-state index contributed by atoms with van der Waals surface area (Å²) in [5, 5.41) is 8.93. The Kier molecular flexibility index (Phi) is 22.4. The Morgan fingerprint density at radius 3 is 1.28 bits per heavy atom. The molecule has 0 aliphatic heterocycles. The van der Waals surface area contributed by atoms with Gasteiger partial charge in [0.05, 0.1) is 6.61 Å². The van der Waals surface area contributed by atoms with E-state index < -0.39 is 0 Å². The highest BCUT2D eigenvalue weighted by Gasteiger charge is 2.06. The summed E-state index contributed by atoms with van der Waals surface area (Å²) in [4.78, 5) is 0. The van der Waals surface area contributed by atoms with Crippen LogP contribution in [-0.4, -0.2) is 11.7 Å². The highest BCUT2D eigenvalue weighted by atomic mass is 16.2. The molecule has 0 aromatic heterocycles. The quantitative estimate of drug-likeness (QED) is 0.146. The molecular weight excluding hydrogens is 436 g/mol. The van der Waals surface area contributed by atoms with Gasteiger partial charge >= 0.3 is 0 Å². The molecule has 0 spiro atoms. The van der Waals surface area contributed by atoms with Gasteiger partial charge in [0.15, 0.2) is 0 Å². The Morgan fingerprint density at radius 1 is 0.500 bits per heavy atom. The molecule has 0 aromatic carbocycles. The van der Waals surface area contributed by atoms with Crippen LogP contribution >= 0.6 is 0 Å². The van der Waals surface area contributed by atoms with E-state index in [4.69, 9.17) is 5.11 Å². The lowest BCUT2D eigenvalue weighted by molar-refractivity contribution is 0.341. The van der Waals surface area contributed by atoms with Crippen LogP contribution in [0.2, 0.25) is 0 Å². The molecule has 0 heterocycles. The fraction of sp³-hybridized carbons (Fsp3) is 0.771. The van der Waals surface area contributed by atoms with E-state index in [0.29, 0.717) is 0 Å². The van der Waals surface area contributed by atoms with Crippen LogP contribution in [0.3, 0.4) is 0 Å². The van der Waals surface area contributed by atoms with Gasteiger partial charge in [-0.2, -0.15) is 0 Å². The molecule has 0 aliphatic rings. The maximum Gasteiger partial charge on any atom is 0.0614 e. The standard InChI is InChI=1S/C35H64O/c1-29(2)15-9-16-30(3)17-10-18-31(4)19-11-20-32(5)21-12-22-33(6)23-13-24-34(7)25-14-26-35(8)27-28-36/h21,23,25,27,29-31,36H,9-20,22,24,26,28H2,1-8H3. The van der Waals surface area contributed by atoms with Crippen LogP contribution in [0.1, 0.15) is 152 Å². The molecule has 2 unspecified atom stereocenters. The number of allylic oxidation sites excluding steroid dienone is 7. The van der Waals surface area contributed by atoms with Gasteiger partial charge in [-0.25, -0.2) is 0 Å². The SMILES string of the molecule is CC(=CCO)CCC=C(C)CCC=C(C)CCC=C(C)CCCC(C)CCCC(C)CCCC(C)C. The van der Waals surface area contributed by atoms with Crippen LogP contribution in [0, 0.1) is 17.8 Å². The lowest BCUT2D eigenvalue weighted by Crippen LogP contribution is -2.00. The minimum Gasteiger partial charge on any atom is -0.392 e. The highest BCUT2D eigenvalue weighted by Crippen LogP contribution is 2.22. The van der Waals surface area contributed by atoms with E-state index in [-0.39, 0.29) is 6.61 Å². The van der Waals surface area contributed by atoms with Gasteiger partial charge in [-0.3, -0.25) is 0 Å². The van der Waals surface area contributed by atoms with Gasteiger partial charge in [-0.05, 0) is 96.8 Å². The predicted molar refractivity (Wildman–Crippen MR) is 165 cm³/mol. The van der Waals surface area contributed by atoms with E-state index >= 15 is 0 Å². The summed E-state index contributed by atoms with van der Waals surface area (Å²) in [6, 6.07) is 0. The summed E-state index contributed by atoms with van der Waals surface area (Å²) in [6.45, 7) is 18.7. The largest absolute Gasteiger partial charge is 0.392 e. The molecule has 0 saturated carbocycles. The van der Waals surface area contributed by atoms with Gasteiger partial charge in [-0.15, -0.1) is 0 Å². The molecule has 0 fully saturated rings. The second-order valence-corrected chi connectivity index (χ2v) is 12.4. The molecule has 1 heteroatoms. The molecule has 36 heavy (non-hydrogen) atoms. The molecule has 0 aromatic rings. The third-order valence-electron chi connectivity index (χ3n) is 7.67. The van der Waals surface area contributed by atoms with Crippen molar-refractivity contribution in [2.75, 3.05) is 6.61 Å². The summed E-state index contributed by atoms with van der Waals surface area (Å²) >= 11 is 0. The fourth-order valence-corrected chi connectivity index (χ4v) is 4.91. The fourth-order valence-electron chi connectivity index (χ4n) is 4.91. The first-order valence-corrected chi connectivity index (χ1v) is 15.4. The first kappa shape index (κ1) is 34.9. The van der Waals surface area contributed by atoms with Crippen molar-refractivity contribution in [3.63, 3.8) is 0 Å². The number of rotatable bonds is 22. The van der Waals surface area contributed by atoms with E-state index in [1.807, 2.05) is 6.08 Å². The van der Waals surface area contributed by atoms with Gasteiger partial charge in [0.1, 0.15) is 0 Å². The van der Waals surface area contributed by atoms with Crippen LogP contribution in [0.15, 0.2) is 46.6 Å². The number of aliphatic hydroxyl groups is 1. The molecule has 1 nitrogen and oxygen atoms in total. The van der Waals surface area contributed by atoms with Crippen LogP contribution in [0.4, 0.5) is 0 Å². The zero-order chi connectivity index (χ0) is 27.2. The van der Waals surface area contributed by atoms with Crippen LogP contribution in [-0.2, 0) is 0 Å². The first-order valence-electron chi connectivity index (χ1n) is 15.4. The van der Waals surface area contributed by atoms with Gasteiger partial charge in [0.25, 0.3) is 0 Å². The Balaban J connectivity index is 3.93. The maximum atomic E-state index is 8.93. The summed E-state index contributed by atoms with van der Waals surface area (Å²) in [6.07, 6.45) is 28.5. The summed E-state index contributed by atoms with van der Waals surface area (Å²) < 4.78 is 0. The average Bonchev–Trinajstić information content (AvgIpc) is 2.79. The molecule has 0 saturated heterocycles.